The zero-order valence-corrected chi connectivity index (χ0v) is 17.8. The predicted octanol–water partition coefficient (Wildman–Crippen LogP) is 3.34. The van der Waals surface area contributed by atoms with Crippen molar-refractivity contribution in [1.82, 2.24) is 5.32 Å². The van der Waals surface area contributed by atoms with Gasteiger partial charge in [0.15, 0.2) is 17.3 Å². The highest BCUT2D eigenvalue weighted by molar-refractivity contribution is 7.95. The summed E-state index contributed by atoms with van der Waals surface area (Å²) in [5.74, 6) is -0.0920. The molecule has 2 rings (SSSR count). The molecule has 0 saturated heterocycles. The van der Waals surface area contributed by atoms with Crippen molar-refractivity contribution >= 4 is 41.0 Å². The number of hydrogen-bond donors (Lipinski definition) is 2. The number of hydrogen-bond acceptors (Lipinski definition) is 8. The monoisotopic (exact) mass is 427 g/mol. The van der Waals surface area contributed by atoms with Crippen LogP contribution in [-0.2, 0) is 9.53 Å². The number of phenolic OH excluding ortho intramolecular Hbond substituents is 1. The van der Waals surface area contributed by atoms with Crippen molar-refractivity contribution < 1.29 is 28.4 Å². The normalized spacial score (nSPS) is 18.9. The number of rotatable bonds is 2. The Labute approximate surface area is 174 Å². The topological polar surface area (TPSA) is 94.1 Å². The molecule has 2 N–H and O–H groups in total. The molecule has 0 aliphatic carbocycles. The molecule has 0 spiro atoms. The fourth-order valence-corrected chi connectivity index (χ4v) is 3.96. The molecular weight excluding hydrogens is 402 g/mol. The Bertz CT molecular complexity index is 752. The maximum atomic E-state index is 12.8. The first-order chi connectivity index (χ1) is 13.4. The van der Waals surface area contributed by atoms with E-state index < -0.39 is 12.0 Å². The summed E-state index contributed by atoms with van der Waals surface area (Å²) in [6.07, 6.45) is 3.28. The van der Waals surface area contributed by atoms with E-state index in [1.807, 2.05) is 0 Å². The molecule has 9 heteroatoms. The fourth-order valence-electron chi connectivity index (χ4n) is 2.96. The second-order valence-corrected chi connectivity index (χ2v) is 7.65. The van der Waals surface area contributed by atoms with E-state index in [4.69, 9.17) is 25.9 Å². The van der Waals surface area contributed by atoms with Crippen LogP contribution in [0.2, 0.25) is 0 Å². The molecule has 0 bridgehead atoms. The van der Waals surface area contributed by atoms with Crippen LogP contribution < -0.4 is 14.2 Å². The van der Waals surface area contributed by atoms with Crippen molar-refractivity contribution in [2.24, 2.45) is 0 Å². The third kappa shape index (κ3) is 5.51. The molecule has 154 valence electrons. The Morgan fingerprint density at radius 1 is 1.32 bits per heavy atom. The van der Waals surface area contributed by atoms with E-state index in [2.05, 4.69) is 5.32 Å². The molecule has 0 aromatic heterocycles. The molecule has 1 atom stereocenters. The number of fused-ring (bicyclic) bond motifs is 1. The SMILES string of the molecule is COC(=O)[C@@H]1CSOc2c(O)cc(OC)c(C)c2C(=O)CCCCCC(=S)N1. The highest BCUT2D eigenvalue weighted by atomic mass is 32.2. The number of benzene rings is 1. The van der Waals surface area contributed by atoms with Crippen LogP contribution in [0.25, 0.3) is 0 Å². The number of nitrogens with one attached hydrogen (secondary N) is 1. The van der Waals surface area contributed by atoms with Gasteiger partial charge in [0.2, 0.25) is 0 Å². The lowest BCUT2D eigenvalue weighted by atomic mass is 9.97. The average Bonchev–Trinajstić information content (AvgIpc) is 2.67. The van der Waals surface area contributed by atoms with E-state index in [1.54, 1.807) is 6.92 Å². The first-order valence-corrected chi connectivity index (χ1v) is 10.3. The highest BCUT2D eigenvalue weighted by Gasteiger charge is 2.26. The van der Waals surface area contributed by atoms with E-state index >= 15 is 0 Å². The van der Waals surface area contributed by atoms with Gasteiger partial charge in [-0.15, -0.1) is 0 Å². The van der Waals surface area contributed by atoms with Crippen molar-refractivity contribution in [3.8, 4) is 17.2 Å². The van der Waals surface area contributed by atoms with Gasteiger partial charge in [0.25, 0.3) is 0 Å². The van der Waals surface area contributed by atoms with E-state index in [9.17, 15) is 14.7 Å². The Morgan fingerprint density at radius 2 is 2.04 bits per heavy atom. The van der Waals surface area contributed by atoms with Gasteiger partial charge in [-0.05, 0) is 26.2 Å². The van der Waals surface area contributed by atoms with E-state index in [0.29, 0.717) is 41.1 Å². The van der Waals surface area contributed by atoms with Crippen molar-refractivity contribution in [3.05, 3.63) is 17.2 Å². The van der Waals surface area contributed by atoms with Crippen LogP contribution in [0.1, 0.15) is 48.0 Å². The molecule has 0 saturated carbocycles. The minimum atomic E-state index is -0.689. The van der Waals surface area contributed by atoms with Gasteiger partial charge < -0.3 is 24.1 Å². The number of phenols is 1. The summed E-state index contributed by atoms with van der Waals surface area (Å²) in [6.45, 7) is 1.75. The molecule has 7 nitrogen and oxygen atoms in total. The van der Waals surface area contributed by atoms with Gasteiger partial charge in [-0.2, -0.15) is 0 Å². The van der Waals surface area contributed by atoms with Crippen LogP contribution in [-0.4, -0.2) is 47.9 Å². The summed E-state index contributed by atoms with van der Waals surface area (Å²) in [6, 6.07) is 0.724. The van der Waals surface area contributed by atoms with Gasteiger partial charge in [-0.1, -0.05) is 18.6 Å². The maximum Gasteiger partial charge on any atom is 0.329 e. The molecule has 1 aromatic rings. The standard InChI is InChI=1S/C19H25NO6S2/c1-11-15(24-2)9-14(22)18-17(11)13(21)7-5-4-6-8-16(27)20-12(10-28-26-18)19(23)25-3/h9,12,22H,4-8,10H2,1-3H3,(H,20,27)/t12-/m0/s1. The number of Topliss-reactive ketones (excluding diaryl/α,β-unsaturated/α-hetero) is 1. The van der Waals surface area contributed by atoms with Gasteiger partial charge in [0.1, 0.15) is 11.8 Å². The molecule has 1 aliphatic rings. The summed E-state index contributed by atoms with van der Waals surface area (Å²) in [5, 5.41) is 13.4. The molecule has 0 fully saturated rings. The highest BCUT2D eigenvalue weighted by Crippen LogP contribution is 2.41. The maximum absolute atomic E-state index is 12.8. The van der Waals surface area contributed by atoms with Gasteiger partial charge in [0, 0.05) is 18.1 Å². The number of methoxy groups -OCH3 is 2. The Morgan fingerprint density at radius 3 is 2.71 bits per heavy atom. The van der Waals surface area contributed by atoms with Crippen LogP contribution in [0.4, 0.5) is 0 Å². The first kappa shape index (κ1) is 22.3. The summed E-state index contributed by atoms with van der Waals surface area (Å²) in [5.41, 5.74) is 0.913. The third-order valence-corrected chi connectivity index (χ3v) is 5.55. The lowest BCUT2D eigenvalue weighted by Crippen LogP contribution is -2.42. The Hall–Kier alpha value is -2.00. The van der Waals surface area contributed by atoms with E-state index in [1.165, 1.54) is 20.3 Å². The Kier molecular flexibility index (Phi) is 8.37. The van der Waals surface area contributed by atoms with Gasteiger partial charge in [-0.25, -0.2) is 4.79 Å². The zero-order valence-electron chi connectivity index (χ0n) is 16.2. The van der Waals surface area contributed by atoms with Crippen molar-refractivity contribution in [2.75, 3.05) is 20.0 Å². The minimum Gasteiger partial charge on any atom is -0.504 e. The first-order valence-electron chi connectivity index (χ1n) is 8.99. The minimum absolute atomic E-state index is 0.0801. The fraction of sp³-hybridized carbons (Fsp3) is 0.526. The number of thiocarbonyl (C=S) groups is 1. The molecule has 0 amide bonds. The van der Waals surface area contributed by atoms with Crippen LogP contribution in [0, 0.1) is 6.92 Å². The average molecular weight is 428 g/mol. The lowest BCUT2D eigenvalue weighted by molar-refractivity contribution is -0.142. The number of esters is 1. The van der Waals surface area contributed by atoms with Gasteiger partial charge in [0.05, 0.1) is 42.6 Å². The molecule has 1 heterocycles. The molecule has 0 unspecified atom stereocenters. The quantitative estimate of drug-likeness (QED) is 0.419. The van der Waals surface area contributed by atoms with E-state index in [-0.39, 0.29) is 23.0 Å². The van der Waals surface area contributed by atoms with Crippen molar-refractivity contribution in [3.63, 3.8) is 0 Å². The van der Waals surface area contributed by atoms with Crippen LogP contribution in [0.3, 0.4) is 0 Å². The smallest absolute Gasteiger partial charge is 0.329 e. The van der Waals surface area contributed by atoms with Crippen molar-refractivity contribution in [2.45, 2.75) is 45.1 Å². The molecular formula is C19H25NO6S2. The largest absolute Gasteiger partial charge is 0.504 e. The van der Waals surface area contributed by atoms with Gasteiger partial charge in [-0.3, -0.25) is 4.79 Å². The number of aromatic hydroxyl groups is 1. The van der Waals surface area contributed by atoms with Crippen molar-refractivity contribution in [1.29, 1.82) is 0 Å². The van der Waals surface area contributed by atoms with Crippen LogP contribution in [0.15, 0.2) is 6.07 Å². The molecule has 0 radical (unpaired) electrons. The lowest BCUT2D eigenvalue weighted by Gasteiger charge is -2.20. The number of carbonyl (C=O) groups excluding carboxylic acids is 2. The predicted molar refractivity (Wildman–Crippen MR) is 111 cm³/mol. The molecule has 28 heavy (non-hydrogen) atoms. The molecule has 1 aromatic carbocycles. The molecule has 1 aliphatic heterocycles. The zero-order chi connectivity index (χ0) is 20.7. The summed E-state index contributed by atoms with van der Waals surface area (Å²) < 4.78 is 15.8. The third-order valence-electron chi connectivity index (χ3n) is 4.48. The van der Waals surface area contributed by atoms with Crippen LogP contribution in [0.5, 0.6) is 17.2 Å². The van der Waals surface area contributed by atoms with Gasteiger partial charge >= 0.3 is 5.97 Å². The summed E-state index contributed by atoms with van der Waals surface area (Å²) in [4.78, 5) is 25.4. The summed E-state index contributed by atoms with van der Waals surface area (Å²) >= 11 is 6.24. The number of ether oxygens (including phenoxy) is 2. The number of ketones is 1. The second kappa shape index (κ2) is 10.5. The second-order valence-electron chi connectivity index (χ2n) is 6.42. The number of carbonyl (C=O) groups is 2. The Balaban J connectivity index is 2.35. The summed E-state index contributed by atoms with van der Waals surface area (Å²) in [7, 11) is 2.78. The van der Waals surface area contributed by atoms with E-state index in [0.717, 1.165) is 24.9 Å². The van der Waals surface area contributed by atoms with Crippen LogP contribution >= 0.6 is 24.3 Å².